The molecule has 0 aromatic rings. The second kappa shape index (κ2) is 4.27. The van der Waals surface area contributed by atoms with Crippen LogP contribution < -0.4 is 0 Å². The molecule has 0 amide bonds. The van der Waals surface area contributed by atoms with Crippen molar-refractivity contribution in [2.24, 2.45) is 5.92 Å². The molecule has 0 aliphatic carbocycles. The molecule has 1 saturated heterocycles. The molecular weight excluding hydrogens is 140 g/mol. The molecule has 1 aliphatic heterocycles. The summed E-state index contributed by atoms with van der Waals surface area (Å²) in [6, 6.07) is 0. The zero-order valence-electron chi connectivity index (χ0n) is 7.10. The van der Waals surface area contributed by atoms with Crippen molar-refractivity contribution in [2.45, 2.75) is 44.8 Å². The Hall–Kier alpha value is 0.350. The van der Waals surface area contributed by atoms with Gasteiger partial charge in [-0.2, -0.15) is 11.8 Å². The average Bonchev–Trinajstić information content (AvgIpc) is 2.05. The van der Waals surface area contributed by atoms with E-state index in [1.54, 1.807) is 0 Å². The highest BCUT2D eigenvalue weighted by molar-refractivity contribution is 7.99. The molecule has 0 radical (unpaired) electrons. The van der Waals surface area contributed by atoms with Crippen molar-refractivity contribution in [2.75, 3.05) is 5.75 Å². The quantitative estimate of drug-likeness (QED) is 0.594. The molecule has 1 rings (SSSR count). The van der Waals surface area contributed by atoms with Crippen LogP contribution in [-0.4, -0.2) is 11.0 Å². The van der Waals surface area contributed by atoms with Crippen molar-refractivity contribution in [3.63, 3.8) is 0 Å². The van der Waals surface area contributed by atoms with Crippen LogP contribution in [0.3, 0.4) is 0 Å². The van der Waals surface area contributed by atoms with Gasteiger partial charge in [0, 0.05) is 5.25 Å². The van der Waals surface area contributed by atoms with E-state index >= 15 is 0 Å². The van der Waals surface area contributed by atoms with E-state index in [0.717, 1.165) is 11.2 Å². The number of thioether (sulfide) groups is 1. The van der Waals surface area contributed by atoms with Crippen LogP contribution in [0.15, 0.2) is 0 Å². The van der Waals surface area contributed by atoms with E-state index in [9.17, 15) is 0 Å². The largest absolute Gasteiger partial charge is 0.158 e. The third-order valence-corrected chi connectivity index (χ3v) is 4.15. The lowest BCUT2D eigenvalue weighted by molar-refractivity contribution is 0.488. The standard InChI is InChI=1S/C9H18S/c1-3-8(2)9-6-4-5-7-10-9/h8-9H,3-7H2,1-2H3. The molecule has 10 heavy (non-hydrogen) atoms. The summed E-state index contributed by atoms with van der Waals surface area (Å²) in [6.07, 6.45) is 5.76. The van der Waals surface area contributed by atoms with Gasteiger partial charge in [0.25, 0.3) is 0 Å². The van der Waals surface area contributed by atoms with E-state index in [0.29, 0.717) is 0 Å². The Morgan fingerprint density at radius 2 is 2.30 bits per heavy atom. The maximum Gasteiger partial charge on any atom is 0.00725 e. The molecule has 1 aliphatic rings. The number of rotatable bonds is 2. The monoisotopic (exact) mass is 158 g/mol. The first-order chi connectivity index (χ1) is 4.84. The Kier molecular flexibility index (Phi) is 3.61. The molecule has 1 heterocycles. The normalized spacial score (nSPS) is 30.0. The van der Waals surface area contributed by atoms with Gasteiger partial charge in [-0.15, -0.1) is 0 Å². The second-order valence-electron chi connectivity index (χ2n) is 3.29. The lowest BCUT2D eigenvalue weighted by Crippen LogP contribution is -2.17. The Labute approximate surface area is 68.8 Å². The van der Waals surface area contributed by atoms with Gasteiger partial charge in [0.05, 0.1) is 0 Å². The van der Waals surface area contributed by atoms with Gasteiger partial charge in [0.2, 0.25) is 0 Å². The maximum atomic E-state index is 2.39. The van der Waals surface area contributed by atoms with E-state index in [-0.39, 0.29) is 0 Å². The van der Waals surface area contributed by atoms with Crippen LogP contribution in [0.5, 0.6) is 0 Å². The van der Waals surface area contributed by atoms with Crippen LogP contribution in [0.25, 0.3) is 0 Å². The van der Waals surface area contributed by atoms with Crippen LogP contribution in [0.1, 0.15) is 39.5 Å². The van der Waals surface area contributed by atoms with Crippen molar-refractivity contribution in [3.8, 4) is 0 Å². The van der Waals surface area contributed by atoms with Gasteiger partial charge in [-0.1, -0.05) is 26.7 Å². The van der Waals surface area contributed by atoms with Crippen molar-refractivity contribution in [1.29, 1.82) is 0 Å². The molecule has 0 bridgehead atoms. The zero-order valence-corrected chi connectivity index (χ0v) is 7.91. The van der Waals surface area contributed by atoms with Gasteiger partial charge < -0.3 is 0 Å². The summed E-state index contributed by atoms with van der Waals surface area (Å²) in [5.41, 5.74) is 0. The average molecular weight is 158 g/mol. The van der Waals surface area contributed by atoms with Gasteiger partial charge in [-0.3, -0.25) is 0 Å². The summed E-state index contributed by atoms with van der Waals surface area (Å²) < 4.78 is 0. The maximum absolute atomic E-state index is 2.39. The van der Waals surface area contributed by atoms with E-state index in [1.807, 2.05) is 0 Å². The Balaban J connectivity index is 2.24. The highest BCUT2D eigenvalue weighted by Gasteiger charge is 2.18. The molecule has 0 N–H and O–H groups in total. The van der Waals surface area contributed by atoms with E-state index in [4.69, 9.17) is 0 Å². The van der Waals surface area contributed by atoms with Gasteiger partial charge in [0.15, 0.2) is 0 Å². The minimum atomic E-state index is 0.949. The van der Waals surface area contributed by atoms with Gasteiger partial charge in [0.1, 0.15) is 0 Å². The van der Waals surface area contributed by atoms with Crippen molar-refractivity contribution < 1.29 is 0 Å². The van der Waals surface area contributed by atoms with Crippen molar-refractivity contribution in [1.82, 2.24) is 0 Å². The molecule has 0 aromatic heterocycles. The molecule has 1 heteroatoms. The lowest BCUT2D eigenvalue weighted by atomic mass is 10.00. The van der Waals surface area contributed by atoms with Crippen molar-refractivity contribution in [3.05, 3.63) is 0 Å². The fraction of sp³-hybridized carbons (Fsp3) is 1.00. The fourth-order valence-corrected chi connectivity index (χ4v) is 3.01. The Bertz CT molecular complexity index is 84.7. The van der Waals surface area contributed by atoms with Gasteiger partial charge >= 0.3 is 0 Å². The van der Waals surface area contributed by atoms with Gasteiger partial charge in [-0.25, -0.2) is 0 Å². The van der Waals surface area contributed by atoms with E-state index in [2.05, 4.69) is 25.6 Å². The van der Waals surface area contributed by atoms with Gasteiger partial charge in [-0.05, 0) is 24.5 Å². The highest BCUT2D eigenvalue weighted by atomic mass is 32.2. The first kappa shape index (κ1) is 8.45. The van der Waals surface area contributed by atoms with Crippen LogP contribution >= 0.6 is 11.8 Å². The summed E-state index contributed by atoms with van der Waals surface area (Å²) in [4.78, 5) is 0. The smallest absolute Gasteiger partial charge is 0.00725 e. The third kappa shape index (κ3) is 2.19. The summed E-state index contributed by atoms with van der Waals surface area (Å²) in [7, 11) is 0. The molecule has 0 saturated carbocycles. The van der Waals surface area contributed by atoms with E-state index < -0.39 is 0 Å². The molecule has 2 unspecified atom stereocenters. The highest BCUT2D eigenvalue weighted by Crippen LogP contribution is 2.31. The first-order valence-electron chi connectivity index (χ1n) is 4.46. The topological polar surface area (TPSA) is 0 Å². The van der Waals surface area contributed by atoms with Crippen LogP contribution in [0.2, 0.25) is 0 Å². The SMILES string of the molecule is CCC(C)C1CCCCS1. The number of hydrogen-bond acceptors (Lipinski definition) is 1. The van der Waals surface area contributed by atoms with Crippen LogP contribution in [0, 0.1) is 5.92 Å². The molecular formula is C9H18S. The predicted molar refractivity (Wildman–Crippen MR) is 49.6 cm³/mol. The third-order valence-electron chi connectivity index (χ3n) is 2.49. The molecule has 1 fully saturated rings. The summed E-state index contributed by atoms with van der Waals surface area (Å²) in [6.45, 7) is 4.70. The molecule has 0 aromatic carbocycles. The summed E-state index contributed by atoms with van der Waals surface area (Å²) in [5, 5.41) is 0.985. The lowest BCUT2D eigenvalue weighted by Gasteiger charge is -2.26. The molecule has 0 nitrogen and oxygen atoms in total. The Morgan fingerprint density at radius 3 is 2.80 bits per heavy atom. The molecule has 60 valence electrons. The first-order valence-corrected chi connectivity index (χ1v) is 5.51. The second-order valence-corrected chi connectivity index (χ2v) is 4.64. The summed E-state index contributed by atoms with van der Waals surface area (Å²) in [5.74, 6) is 2.36. The zero-order chi connectivity index (χ0) is 7.40. The molecule has 2 atom stereocenters. The molecule has 0 spiro atoms. The van der Waals surface area contributed by atoms with Crippen LogP contribution in [0.4, 0.5) is 0 Å². The summed E-state index contributed by atoms with van der Waals surface area (Å²) >= 11 is 2.20. The van der Waals surface area contributed by atoms with Crippen molar-refractivity contribution >= 4 is 11.8 Å². The van der Waals surface area contributed by atoms with Crippen LogP contribution in [-0.2, 0) is 0 Å². The van der Waals surface area contributed by atoms with E-state index in [1.165, 1.54) is 31.4 Å². The number of hydrogen-bond donors (Lipinski definition) is 0. The predicted octanol–water partition coefficient (Wildman–Crippen LogP) is 3.32. The minimum Gasteiger partial charge on any atom is -0.158 e. The Morgan fingerprint density at radius 1 is 1.50 bits per heavy atom. The fourth-order valence-electron chi connectivity index (χ4n) is 1.48. The minimum absolute atomic E-state index is 0.949.